The molecule has 1 atom stereocenters. The minimum Gasteiger partial charge on any atom is -0.311 e. The number of para-hydroxylation sites is 1. The minimum absolute atomic E-state index is 0.0409. The van der Waals surface area contributed by atoms with Gasteiger partial charge in [-0.3, -0.25) is 4.79 Å². The molecule has 1 heterocycles. The normalized spacial score (nSPS) is 21.4. The maximum absolute atomic E-state index is 11.6. The van der Waals surface area contributed by atoms with E-state index < -0.39 is 14.3 Å². The van der Waals surface area contributed by atoms with Gasteiger partial charge in [-0.2, -0.15) is 0 Å². The molecule has 4 nitrogen and oxygen atoms in total. The van der Waals surface area contributed by atoms with Crippen LogP contribution in [0.3, 0.4) is 0 Å². The number of hydrogen-bond acceptors (Lipinski definition) is 3. The molecule has 1 amide bonds. The van der Waals surface area contributed by atoms with Crippen LogP contribution >= 0.6 is 10.7 Å². The number of amides is 1. The summed E-state index contributed by atoms with van der Waals surface area (Å²) in [5, 5.41) is -0.804. The predicted octanol–water partition coefficient (Wildman–Crippen LogP) is 1.36. The van der Waals surface area contributed by atoms with Gasteiger partial charge in [0.2, 0.25) is 15.0 Å². The molecular formula is C10H10ClNO3S. The highest BCUT2D eigenvalue weighted by Gasteiger charge is 2.37. The van der Waals surface area contributed by atoms with E-state index in [-0.39, 0.29) is 18.9 Å². The lowest BCUT2D eigenvalue weighted by Crippen LogP contribution is -2.26. The SMILES string of the molecule is O=C1CC(S(=O)(=O)Cl)CN1c1ccccc1. The molecule has 1 aromatic rings. The van der Waals surface area contributed by atoms with Gasteiger partial charge in [0.15, 0.2) is 0 Å². The molecule has 0 N–H and O–H groups in total. The highest BCUT2D eigenvalue weighted by Crippen LogP contribution is 2.26. The van der Waals surface area contributed by atoms with E-state index in [4.69, 9.17) is 10.7 Å². The highest BCUT2D eigenvalue weighted by atomic mass is 35.7. The Labute approximate surface area is 98.2 Å². The maximum Gasteiger partial charge on any atom is 0.237 e. The van der Waals surface area contributed by atoms with Crippen LogP contribution in [0, 0.1) is 0 Å². The fourth-order valence-electron chi connectivity index (χ4n) is 1.72. The lowest BCUT2D eigenvalue weighted by molar-refractivity contribution is -0.117. The Balaban J connectivity index is 2.25. The molecule has 0 saturated carbocycles. The van der Waals surface area contributed by atoms with Gasteiger partial charge in [-0.1, -0.05) is 18.2 Å². The summed E-state index contributed by atoms with van der Waals surface area (Å²) in [5.41, 5.74) is 0.704. The zero-order valence-corrected chi connectivity index (χ0v) is 9.91. The second-order valence-electron chi connectivity index (χ2n) is 3.64. The molecule has 0 spiro atoms. The fourth-order valence-corrected chi connectivity index (χ4v) is 2.75. The first-order chi connectivity index (χ1) is 7.48. The largest absolute Gasteiger partial charge is 0.311 e. The van der Waals surface area contributed by atoms with E-state index in [2.05, 4.69) is 0 Å². The molecule has 1 aliphatic rings. The molecule has 1 fully saturated rings. The minimum atomic E-state index is -3.67. The van der Waals surface area contributed by atoms with Crippen molar-refractivity contribution in [1.82, 2.24) is 0 Å². The number of benzene rings is 1. The van der Waals surface area contributed by atoms with E-state index in [9.17, 15) is 13.2 Å². The van der Waals surface area contributed by atoms with Crippen LogP contribution in [0.5, 0.6) is 0 Å². The van der Waals surface area contributed by atoms with Crippen molar-refractivity contribution in [3.8, 4) is 0 Å². The summed E-state index contributed by atoms with van der Waals surface area (Å²) in [4.78, 5) is 13.1. The van der Waals surface area contributed by atoms with E-state index in [1.165, 1.54) is 4.90 Å². The molecule has 0 aliphatic carbocycles. The van der Waals surface area contributed by atoms with Crippen molar-refractivity contribution in [2.75, 3.05) is 11.4 Å². The summed E-state index contributed by atoms with van der Waals surface area (Å²) in [6.45, 7) is 0.134. The number of carbonyl (C=O) groups is 1. The second-order valence-corrected chi connectivity index (χ2v) is 6.55. The van der Waals surface area contributed by atoms with Crippen molar-refractivity contribution in [2.45, 2.75) is 11.7 Å². The third-order valence-electron chi connectivity index (χ3n) is 2.56. The zero-order chi connectivity index (χ0) is 11.8. The monoisotopic (exact) mass is 259 g/mol. The van der Waals surface area contributed by atoms with Gasteiger partial charge >= 0.3 is 0 Å². The van der Waals surface area contributed by atoms with Crippen molar-refractivity contribution >= 4 is 31.3 Å². The van der Waals surface area contributed by atoms with Crippen molar-refractivity contribution in [2.24, 2.45) is 0 Å². The number of rotatable bonds is 2. The van der Waals surface area contributed by atoms with Gasteiger partial charge in [0.05, 0.1) is 0 Å². The molecule has 6 heteroatoms. The van der Waals surface area contributed by atoms with Crippen LogP contribution < -0.4 is 4.90 Å². The summed E-state index contributed by atoms with van der Waals surface area (Å²) in [5.74, 6) is -0.208. The fraction of sp³-hybridized carbons (Fsp3) is 0.300. The summed E-state index contributed by atoms with van der Waals surface area (Å²) in [6.07, 6.45) is -0.0409. The molecule has 1 unspecified atom stereocenters. The average molecular weight is 260 g/mol. The van der Waals surface area contributed by atoms with Crippen molar-refractivity contribution in [1.29, 1.82) is 0 Å². The smallest absolute Gasteiger partial charge is 0.237 e. The molecule has 1 saturated heterocycles. The maximum atomic E-state index is 11.6. The first-order valence-corrected chi connectivity index (χ1v) is 7.14. The third kappa shape index (κ3) is 2.20. The quantitative estimate of drug-likeness (QED) is 0.754. The van der Waals surface area contributed by atoms with Crippen molar-refractivity contribution < 1.29 is 13.2 Å². The lowest BCUT2D eigenvalue weighted by atomic mass is 10.3. The Morgan fingerprint density at radius 1 is 1.25 bits per heavy atom. The molecule has 0 aromatic heterocycles. The van der Waals surface area contributed by atoms with E-state index in [0.717, 1.165) is 0 Å². The Morgan fingerprint density at radius 2 is 1.88 bits per heavy atom. The van der Waals surface area contributed by atoms with Gasteiger partial charge in [0, 0.05) is 29.3 Å². The standard InChI is InChI=1S/C10H10ClNO3S/c11-16(14,15)9-6-10(13)12(7-9)8-4-2-1-3-5-8/h1-5,9H,6-7H2. The van der Waals surface area contributed by atoms with Crippen LogP contribution in [0.25, 0.3) is 0 Å². The summed E-state index contributed by atoms with van der Waals surface area (Å²) >= 11 is 0. The van der Waals surface area contributed by atoms with Gasteiger partial charge in [-0.05, 0) is 12.1 Å². The molecule has 1 aliphatic heterocycles. The topological polar surface area (TPSA) is 54.5 Å². The van der Waals surface area contributed by atoms with Crippen molar-refractivity contribution in [3.05, 3.63) is 30.3 Å². The lowest BCUT2D eigenvalue weighted by Gasteiger charge is -2.15. The van der Waals surface area contributed by atoms with Crippen molar-refractivity contribution in [3.63, 3.8) is 0 Å². The van der Waals surface area contributed by atoms with Crippen LogP contribution in [-0.2, 0) is 13.8 Å². The van der Waals surface area contributed by atoms with Crippen LogP contribution in [-0.4, -0.2) is 26.1 Å². The Bertz CT molecular complexity index is 500. The average Bonchev–Trinajstić information content (AvgIpc) is 2.61. The summed E-state index contributed by atoms with van der Waals surface area (Å²) in [6, 6.07) is 8.96. The predicted molar refractivity (Wildman–Crippen MR) is 62.0 cm³/mol. The summed E-state index contributed by atoms with van der Waals surface area (Å²) < 4.78 is 22.3. The number of halogens is 1. The molecular weight excluding hydrogens is 250 g/mol. The first kappa shape index (κ1) is 11.4. The van der Waals surface area contributed by atoms with E-state index in [1.807, 2.05) is 6.07 Å². The van der Waals surface area contributed by atoms with Crippen LogP contribution in [0.15, 0.2) is 30.3 Å². The van der Waals surface area contributed by atoms with E-state index in [0.29, 0.717) is 5.69 Å². The Kier molecular flexibility index (Phi) is 2.90. The molecule has 2 rings (SSSR count). The zero-order valence-electron chi connectivity index (χ0n) is 8.34. The molecule has 0 bridgehead atoms. The highest BCUT2D eigenvalue weighted by molar-refractivity contribution is 8.14. The van der Waals surface area contributed by atoms with E-state index in [1.54, 1.807) is 24.3 Å². The van der Waals surface area contributed by atoms with Gasteiger partial charge in [0.25, 0.3) is 0 Å². The van der Waals surface area contributed by atoms with E-state index >= 15 is 0 Å². The number of nitrogens with zero attached hydrogens (tertiary/aromatic N) is 1. The summed E-state index contributed by atoms with van der Waals surface area (Å²) in [7, 11) is 1.58. The Hall–Kier alpha value is -1.07. The number of hydrogen-bond donors (Lipinski definition) is 0. The molecule has 86 valence electrons. The molecule has 16 heavy (non-hydrogen) atoms. The first-order valence-electron chi connectivity index (χ1n) is 4.77. The van der Waals surface area contributed by atoms with Gasteiger partial charge in [-0.25, -0.2) is 8.42 Å². The van der Waals surface area contributed by atoms with Crippen LogP contribution in [0.2, 0.25) is 0 Å². The van der Waals surface area contributed by atoms with Crippen LogP contribution in [0.1, 0.15) is 6.42 Å². The van der Waals surface area contributed by atoms with Gasteiger partial charge in [-0.15, -0.1) is 0 Å². The number of carbonyl (C=O) groups excluding carboxylic acids is 1. The number of anilines is 1. The molecule has 0 radical (unpaired) electrons. The van der Waals surface area contributed by atoms with Gasteiger partial charge in [0.1, 0.15) is 5.25 Å². The van der Waals surface area contributed by atoms with Crippen LogP contribution in [0.4, 0.5) is 5.69 Å². The Morgan fingerprint density at radius 3 is 2.38 bits per heavy atom. The third-order valence-corrected chi connectivity index (χ3v) is 4.42. The van der Waals surface area contributed by atoms with Gasteiger partial charge < -0.3 is 4.90 Å². The second kappa shape index (κ2) is 4.07. The molecule has 1 aromatic carbocycles.